The number of aldehydes is 1. The van der Waals surface area contributed by atoms with Gasteiger partial charge in [-0.15, -0.1) is 6.58 Å². The van der Waals surface area contributed by atoms with E-state index in [0.717, 1.165) is 6.29 Å². The summed E-state index contributed by atoms with van der Waals surface area (Å²) >= 11 is 0. The Bertz CT molecular complexity index is 81.3. The van der Waals surface area contributed by atoms with Crippen LogP contribution in [-0.4, -0.2) is 19.4 Å². The Kier molecular flexibility index (Phi) is 13.5. The van der Waals surface area contributed by atoms with Crippen LogP contribution in [0.5, 0.6) is 0 Å². The fourth-order valence-corrected chi connectivity index (χ4v) is 0.421. The predicted molar refractivity (Wildman–Crippen MR) is 45.1 cm³/mol. The Hall–Kier alpha value is -0.630. The second-order valence-electron chi connectivity index (χ2n) is 1.56. The van der Waals surface area contributed by atoms with Gasteiger partial charge in [-0.25, -0.2) is 0 Å². The van der Waals surface area contributed by atoms with E-state index in [2.05, 4.69) is 11.9 Å². The summed E-state index contributed by atoms with van der Waals surface area (Å²) in [5.74, 6) is 0. The van der Waals surface area contributed by atoms with Gasteiger partial charge in [0.05, 0.1) is 6.04 Å². The maximum Gasteiger partial charge on any atom is 0.137 e. The minimum atomic E-state index is -0.0486. The number of hydrogen-bond donors (Lipinski definition) is 1. The first-order chi connectivity index (χ1) is 4.85. The lowest BCUT2D eigenvalue weighted by molar-refractivity contribution is -0.109. The molecule has 0 bridgehead atoms. The highest BCUT2D eigenvalue weighted by Gasteiger charge is 1.96. The van der Waals surface area contributed by atoms with Crippen LogP contribution >= 0.6 is 0 Å². The average Bonchev–Trinajstić information content (AvgIpc) is 2.04. The van der Waals surface area contributed by atoms with Crippen molar-refractivity contribution >= 4 is 6.29 Å². The summed E-state index contributed by atoms with van der Waals surface area (Å²) in [4.78, 5) is 10.0. The van der Waals surface area contributed by atoms with E-state index in [0.29, 0.717) is 6.42 Å². The average molecular weight is 143 g/mol. The zero-order chi connectivity index (χ0) is 8.41. The van der Waals surface area contributed by atoms with Gasteiger partial charge in [0.1, 0.15) is 6.29 Å². The number of carbonyl (C=O) groups excluding carboxylic acids is 1. The number of nitrogens with one attached hydrogen (secondary N) is 1. The van der Waals surface area contributed by atoms with Crippen LogP contribution < -0.4 is 5.32 Å². The molecule has 0 aromatic carbocycles. The molecule has 60 valence electrons. The van der Waals surface area contributed by atoms with Gasteiger partial charge < -0.3 is 10.1 Å². The quantitative estimate of drug-likeness (QED) is 0.476. The van der Waals surface area contributed by atoms with Crippen molar-refractivity contribution in [2.45, 2.75) is 26.3 Å². The monoisotopic (exact) mass is 143 g/mol. The third-order valence-corrected chi connectivity index (χ3v) is 0.956. The summed E-state index contributed by atoms with van der Waals surface area (Å²) in [5, 5.41) is 2.81. The van der Waals surface area contributed by atoms with E-state index >= 15 is 0 Å². The number of likely N-dealkylation sites (N-methyl/N-ethyl adjacent to an activating group) is 1. The molecular formula is C8H17NO. The van der Waals surface area contributed by atoms with Gasteiger partial charge >= 0.3 is 0 Å². The van der Waals surface area contributed by atoms with Crippen LogP contribution in [0.2, 0.25) is 0 Å². The van der Waals surface area contributed by atoms with Gasteiger partial charge in [-0.1, -0.05) is 19.9 Å². The topological polar surface area (TPSA) is 29.1 Å². The highest BCUT2D eigenvalue weighted by molar-refractivity contribution is 5.57. The zero-order valence-corrected chi connectivity index (χ0v) is 7.05. The zero-order valence-electron chi connectivity index (χ0n) is 7.05. The SMILES string of the molecule is C=CCC(C=O)NC.CC. The van der Waals surface area contributed by atoms with E-state index in [9.17, 15) is 4.79 Å². The molecule has 0 saturated carbocycles. The van der Waals surface area contributed by atoms with Crippen molar-refractivity contribution in [3.05, 3.63) is 12.7 Å². The van der Waals surface area contributed by atoms with E-state index < -0.39 is 0 Å². The van der Waals surface area contributed by atoms with Gasteiger partial charge in [0, 0.05) is 0 Å². The molecule has 1 N–H and O–H groups in total. The molecule has 0 aliphatic rings. The first-order valence-corrected chi connectivity index (χ1v) is 3.58. The van der Waals surface area contributed by atoms with Gasteiger partial charge in [0.15, 0.2) is 0 Å². The Morgan fingerprint density at radius 1 is 1.60 bits per heavy atom. The molecule has 10 heavy (non-hydrogen) atoms. The molecule has 0 amide bonds. The Morgan fingerprint density at radius 2 is 2.10 bits per heavy atom. The Balaban J connectivity index is 0. The standard InChI is InChI=1S/C6H11NO.C2H6/c1-3-4-6(5-8)7-2;1-2/h3,5-7H,1,4H2,2H3;1-2H3. The van der Waals surface area contributed by atoms with Crippen molar-refractivity contribution in [1.29, 1.82) is 0 Å². The van der Waals surface area contributed by atoms with Gasteiger partial charge in [0.25, 0.3) is 0 Å². The molecule has 1 unspecified atom stereocenters. The summed E-state index contributed by atoms with van der Waals surface area (Å²) in [6.07, 6.45) is 3.30. The number of rotatable bonds is 4. The molecule has 0 rings (SSSR count). The van der Waals surface area contributed by atoms with E-state index in [1.807, 2.05) is 13.8 Å². The van der Waals surface area contributed by atoms with Crippen LogP contribution in [0.15, 0.2) is 12.7 Å². The van der Waals surface area contributed by atoms with Crippen molar-refractivity contribution in [3.63, 3.8) is 0 Å². The lowest BCUT2D eigenvalue weighted by Crippen LogP contribution is -2.25. The molecule has 1 atom stereocenters. The van der Waals surface area contributed by atoms with Crippen LogP contribution in [0.1, 0.15) is 20.3 Å². The molecule has 0 aliphatic carbocycles. The van der Waals surface area contributed by atoms with Crippen LogP contribution in [0.3, 0.4) is 0 Å². The summed E-state index contributed by atoms with van der Waals surface area (Å²) in [5.41, 5.74) is 0. The fourth-order valence-electron chi connectivity index (χ4n) is 0.421. The lowest BCUT2D eigenvalue weighted by atomic mass is 10.2. The summed E-state index contributed by atoms with van der Waals surface area (Å²) in [6.45, 7) is 7.50. The molecular weight excluding hydrogens is 126 g/mol. The minimum absolute atomic E-state index is 0.0486. The molecule has 0 heterocycles. The third-order valence-electron chi connectivity index (χ3n) is 0.956. The molecule has 0 radical (unpaired) electrons. The van der Waals surface area contributed by atoms with Crippen molar-refractivity contribution in [2.75, 3.05) is 7.05 Å². The van der Waals surface area contributed by atoms with Crippen LogP contribution in [0.4, 0.5) is 0 Å². The van der Waals surface area contributed by atoms with Crippen molar-refractivity contribution in [3.8, 4) is 0 Å². The first kappa shape index (κ1) is 12.1. The predicted octanol–water partition coefficient (Wildman–Crippen LogP) is 1.38. The fraction of sp³-hybridized carbons (Fsp3) is 0.625. The van der Waals surface area contributed by atoms with Gasteiger partial charge in [-0.2, -0.15) is 0 Å². The largest absolute Gasteiger partial charge is 0.311 e. The van der Waals surface area contributed by atoms with Crippen molar-refractivity contribution in [2.24, 2.45) is 0 Å². The van der Waals surface area contributed by atoms with Crippen molar-refractivity contribution in [1.82, 2.24) is 5.32 Å². The summed E-state index contributed by atoms with van der Waals surface area (Å²) in [6, 6.07) is -0.0486. The third kappa shape index (κ3) is 7.37. The second kappa shape index (κ2) is 11.2. The molecule has 0 aromatic rings. The maximum absolute atomic E-state index is 10.0. The second-order valence-corrected chi connectivity index (χ2v) is 1.56. The molecule has 0 aliphatic heterocycles. The molecule has 2 heteroatoms. The minimum Gasteiger partial charge on any atom is -0.311 e. The molecule has 0 spiro atoms. The Labute approximate surface area is 63.3 Å². The van der Waals surface area contributed by atoms with Gasteiger partial charge in [-0.05, 0) is 13.5 Å². The molecule has 0 fully saturated rings. The lowest BCUT2D eigenvalue weighted by Gasteiger charge is -2.01. The van der Waals surface area contributed by atoms with Gasteiger partial charge in [0.2, 0.25) is 0 Å². The highest BCUT2D eigenvalue weighted by atomic mass is 16.1. The summed E-state index contributed by atoms with van der Waals surface area (Å²) in [7, 11) is 1.75. The van der Waals surface area contributed by atoms with Gasteiger partial charge in [-0.3, -0.25) is 0 Å². The van der Waals surface area contributed by atoms with Crippen molar-refractivity contribution < 1.29 is 4.79 Å². The normalized spacial score (nSPS) is 10.7. The van der Waals surface area contributed by atoms with E-state index in [1.165, 1.54) is 0 Å². The molecule has 2 nitrogen and oxygen atoms in total. The maximum atomic E-state index is 10.0. The molecule has 0 saturated heterocycles. The summed E-state index contributed by atoms with van der Waals surface area (Å²) < 4.78 is 0. The number of carbonyl (C=O) groups is 1. The first-order valence-electron chi connectivity index (χ1n) is 3.58. The smallest absolute Gasteiger partial charge is 0.137 e. The number of hydrogen-bond acceptors (Lipinski definition) is 2. The van der Waals surface area contributed by atoms with E-state index in [4.69, 9.17) is 0 Å². The highest BCUT2D eigenvalue weighted by Crippen LogP contribution is 1.84. The molecule has 0 aromatic heterocycles. The van der Waals surface area contributed by atoms with Crippen LogP contribution in [0, 0.1) is 0 Å². The van der Waals surface area contributed by atoms with E-state index in [-0.39, 0.29) is 6.04 Å². The van der Waals surface area contributed by atoms with Crippen LogP contribution in [0.25, 0.3) is 0 Å². The van der Waals surface area contributed by atoms with E-state index in [1.54, 1.807) is 13.1 Å². The van der Waals surface area contributed by atoms with Crippen LogP contribution in [-0.2, 0) is 4.79 Å². The Morgan fingerprint density at radius 3 is 2.20 bits per heavy atom.